The minimum Gasteiger partial charge on any atom is -0.508 e. The van der Waals surface area contributed by atoms with Gasteiger partial charge in [0.2, 0.25) is 0 Å². The Bertz CT molecular complexity index is 1410. The van der Waals surface area contributed by atoms with Gasteiger partial charge in [-0.3, -0.25) is 9.69 Å². The topological polar surface area (TPSA) is 76.0 Å². The number of ketones is 1. The van der Waals surface area contributed by atoms with E-state index in [0.29, 0.717) is 17.2 Å². The van der Waals surface area contributed by atoms with E-state index in [1.165, 1.54) is 24.2 Å². The van der Waals surface area contributed by atoms with E-state index in [1.807, 2.05) is 30.3 Å². The number of thiophene rings is 1. The molecule has 0 atom stereocenters. The van der Waals surface area contributed by atoms with E-state index in [9.17, 15) is 15.0 Å². The molecule has 3 N–H and O–H groups in total. The lowest BCUT2D eigenvalue weighted by atomic mass is 9.97. The van der Waals surface area contributed by atoms with Crippen LogP contribution in [0.5, 0.6) is 11.5 Å². The molecule has 0 aliphatic carbocycles. The molecular formula is C30H32ClN3O3S. The normalized spacial score (nSPS) is 16.9. The first-order chi connectivity index (χ1) is 18.1. The number of carbonyl (C=O) groups is 1. The summed E-state index contributed by atoms with van der Waals surface area (Å²) in [5.74, 6) is 0.321. The molecule has 0 amide bonds. The summed E-state index contributed by atoms with van der Waals surface area (Å²) in [6.45, 7) is 6.53. The Balaban J connectivity index is 0.00000294. The summed E-state index contributed by atoms with van der Waals surface area (Å²) in [6, 6.07) is 20.7. The van der Waals surface area contributed by atoms with Crippen LogP contribution < -0.4 is 10.2 Å². The molecule has 0 saturated carbocycles. The summed E-state index contributed by atoms with van der Waals surface area (Å²) < 4.78 is 0.857. The van der Waals surface area contributed by atoms with Gasteiger partial charge in [-0.15, -0.1) is 23.7 Å². The van der Waals surface area contributed by atoms with E-state index >= 15 is 0 Å². The van der Waals surface area contributed by atoms with Crippen molar-refractivity contribution in [2.75, 3.05) is 44.2 Å². The van der Waals surface area contributed by atoms with Gasteiger partial charge in [-0.2, -0.15) is 0 Å². The first-order valence-electron chi connectivity index (χ1n) is 13.0. The molecule has 38 heavy (non-hydrogen) atoms. The average molecular weight is 550 g/mol. The molecule has 0 unspecified atom stereocenters. The number of nitrogens with one attached hydrogen (secondary N) is 1. The Kier molecular flexibility index (Phi) is 7.91. The molecule has 2 saturated heterocycles. The van der Waals surface area contributed by atoms with Crippen molar-refractivity contribution in [2.24, 2.45) is 0 Å². The summed E-state index contributed by atoms with van der Waals surface area (Å²) >= 11 is 1.48. The lowest BCUT2D eigenvalue weighted by Gasteiger charge is -2.41. The maximum absolute atomic E-state index is 13.8. The van der Waals surface area contributed by atoms with Crippen LogP contribution >= 0.6 is 23.7 Å². The zero-order chi connectivity index (χ0) is 25.4. The van der Waals surface area contributed by atoms with Crippen LogP contribution in [0.3, 0.4) is 0 Å². The number of anilines is 1. The molecule has 2 fully saturated rings. The number of piperidine rings is 1. The highest BCUT2D eigenvalue weighted by Gasteiger charge is 2.26. The van der Waals surface area contributed by atoms with Crippen molar-refractivity contribution in [3.05, 3.63) is 77.9 Å². The van der Waals surface area contributed by atoms with Crippen LogP contribution in [0.15, 0.2) is 66.7 Å². The Hall–Kier alpha value is -3.10. The molecule has 6 rings (SSSR count). The highest BCUT2D eigenvalue weighted by molar-refractivity contribution is 7.22. The van der Waals surface area contributed by atoms with E-state index in [-0.39, 0.29) is 29.7 Å². The molecule has 2 aliphatic heterocycles. The molecule has 6 nitrogen and oxygen atoms in total. The number of carbonyl (C=O) groups excluding carboxylic acids is 1. The van der Waals surface area contributed by atoms with Gasteiger partial charge in [0.1, 0.15) is 11.5 Å². The van der Waals surface area contributed by atoms with Crippen LogP contribution in [0, 0.1) is 0 Å². The SMILES string of the molecule is Cl.O=C(c1ccc(N2CCC(N3CCNCC3)CC2)cc1)c1c(-c2ccc(O)cc2)sc2cc(O)ccc12. The monoisotopic (exact) mass is 549 g/mol. The summed E-state index contributed by atoms with van der Waals surface area (Å²) in [5, 5.41) is 24.0. The number of nitrogens with zero attached hydrogens (tertiary/aromatic N) is 2. The zero-order valence-electron chi connectivity index (χ0n) is 21.1. The smallest absolute Gasteiger partial charge is 0.195 e. The van der Waals surface area contributed by atoms with Gasteiger partial charge < -0.3 is 20.4 Å². The van der Waals surface area contributed by atoms with Gasteiger partial charge in [-0.05, 0) is 85.1 Å². The van der Waals surface area contributed by atoms with E-state index in [2.05, 4.69) is 27.2 Å². The second kappa shape index (κ2) is 11.3. The standard InChI is InChI=1S/C30H31N3O3S.ClH/c34-24-7-3-21(4-8-24)30-28(26-10-9-25(35)19-27(26)37-30)29(36)20-1-5-22(6-2-20)32-15-11-23(12-16-32)33-17-13-31-14-18-33;/h1-10,19,23,31,34-35H,11-18H2;1H. The lowest BCUT2D eigenvalue weighted by Crippen LogP contribution is -2.52. The molecule has 198 valence electrons. The average Bonchev–Trinajstić information content (AvgIpc) is 3.32. The van der Waals surface area contributed by atoms with Crippen LogP contribution in [-0.2, 0) is 0 Å². The number of phenols is 2. The molecule has 3 aromatic carbocycles. The van der Waals surface area contributed by atoms with Crippen molar-refractivity contribution >= 4 is 45.3 Å². The van der Waals surface area contributed by atoms with Gasteiger partial charge in [0.25, 0.3) is 0 Å². The number of phenolic OH excluding ortho intramolecular Hbond substituents is 2. The third-order valence-electron chi connectivity index (χ3n) is 7.66. The zero-order valence-corrected chi connectivity index (χ0v) is 22.7. The van der Waals surface area contributed by atoms with E-state index in [1.54, 1.807) is 24.3 Å². The number of hydrogen-bond donors (Lipinski definition) is 3. The quantitative estimate of drug-likeness (QED) is 0.285. The predicted octanol–water partition coefficient (Wildman–Crippen LogP) is 5.51. The number of aromatic hydroxyl groups is 2. The fourth-order valence-corrected chi connectivity index (χ4v) is 6.87. The van der Waals surface area contributed by atoms with Gasteiger partial charge in [-0.25, -0.2) is 0 Å². The molecule has 1 aromatic heterocycles. The van der Waals surface area contributed by atoms with Gasteiger partial charge >= 0.3 is 0 Å². The van der Waals surface area contributed by atoms with Crippen molar-refractivity contribution < 1.29 is 15.0 Å². The maximum atomic E-state index is 13.8. The number of fused-ring (bicyclic) bond motifs is 1. The van der Waals surface area contributed by atoms with Crippen LogP contribution in [-0.4, -0.2) is 66.2 Å². The fraction of sp³-hybridized carbons (Fsp3) is 0.300. The molecule has 0 bridgehead atoms. The van der Waals surface area contributed by atoms with Crippen LogP contribution in [0.25, 0.3) is 20.5 Å². The molecule has 3 heterocycles. The van der Waals surface area contributed by atoms with Crippen LogP contribution in [0.2, 0.25) is 0 Å². The molecule has 4 aromatic rings. The minimum absolute atomic E-state index is 0. The summed E-state index contributed by atoms with van der Waals surface area (Å²) in [6.07, 6.45) is 2.34. The highest BCUT2D eigenvalue weighted by Crippen LogP contribution is 2.41. The van der Waals surface area contributed by atoms with Gasteiger partial charge in [0.05, 0.1) is 0 Å². The number of hydrogen-bond acceptors (Lipinski definition) is 7. The van der Waals surface area contributed by atoms with Gasteiger partial charge in [0, 0.05) is 77.1 Å². The van der Waals surface area contributed by atoms with E-state index in [0.717, 1.165) is 65.5 Å². The first-order valence-corrected chi connectivity index (χ1v) is 13.8. The second-order valence-corrected chi connectivity index (χ2v) is 11.0. The summed E-state index contributed by atoms with van der Waals surface area (Å²) in [4.78, 5) is 19.7. The van der Waals surface area contributed by atoms with E-state index in [4.69, 9.17) is 0 Å². The molecule has 0 radical (unpaired) electrons. The Morgan fingerprint density at radius 2 is 1.50 bits per heavy atom. The van der Waals surface area contributed by atoms with Gasteiger partial charge in [-0.1, -0.05) is 0 Å². The Morgan fingerprint density at radius 1 is 0.842 bits per heavy atom. The number of rotatable bonds is 5. The number of piperazine rings is 1. The third-order valence-corrected chi connectivity index (χ3v) is 8.86. The lowest BCUT2D eigenvalue weighted by molar-refractivity contribution is 0.104. The van der Waals surface area contributed by atoms with Crippen LogP contribution in [0.4, 0.5) is 5.69 Å². The maximum Gasteiger partial charge on any atom is 0.195 e. The number of benzene rings is 3. The summed E-state index contributed by atoms with van der Waals surface area (Å²) in [5.41, 5.74) is 3.31. The molecule has 0 spiro atoms. The van der Waals surface area contributed by atoms with Crippen molar-refractivity contribution in [1.82, 2.24) is 10.2 Å². The van der Waals surface area contributed by atoms with Crippen molar-refractivity contribution in [1.29, 1.82) is 0 Å². The van der Waals surface area contributed by atoms with Crippen molar-refractivity contribution in [3.63, 3.8) is 0 Å². The minimum atomic E-state index is -0.0380. The van der Waals surface area contributed by atoms with Gasteiger partial charge in [0.15, 0.2) is 5.78 Å². The second-order valence-electron chi connectivity index (χ2n) is 9.91. The highest BCUT2D eigenvalue weighted by atomic mass is 35.5. The predicted molar refractivity (Wildman–Crippen MR) is 157 cm³/mol. The third kappa shape index (κ3) is 5.24. The molecule has 8 heteroatoms. The Morgan fingerprint density at radius 3 is 2.18 bits per heavy atom. The molecular weight excluding hydrogens is 518 g/mol. The fourth-order valence-electron chi connectivity index (χ4n) is 5.63. The molecule has 2 aliphatic rings. The summed E-state index contributed by atoms with van der Waals surface area (Å²) in [7, 11) is 0. The largest absolute Gasteiger partial charge is 0.508 e. The van der Waals surface area contributed by atoms with Crippen LogP contribution in [0.1, 0.15) is 28.8 Å². The first kappa shape index (κ1) is 26.5. The number of halogens is 1. The van der Waals surface area contributed by atoms with E-state index < -0.39 is 0 Å². The Labute approximate surface area is 232 Å². The van der Waals surface area contributed by atoms with Crippen molar-refractivity contribution in [3.8, 4) is 21.9 Å². The van der Waals surface area contributed by atoms with Crippen molar-refractivity contribution in [2.45, 2.75) is 18.9 Å².